The van der Waals surface area contributed by atoms with Crippen LogP contribution >= 0.6 is 0 Å². The molecule has 0 aromatic carbocycles. The molecule has 110 valence electrons. The third-order valence-electron chi connectivity index (χ3n) is 4.23. The monoisotopic (exact) mass is 290 g/mol. The summed E-state index contributed by atoms with van der Waals surface area (Å²) >= 11 is 0. The normalized spacial score (nSPS) is 26.6. The Morgan fingerprint density at radius 2 is 1.74 bits per heavy atom. The Bertz CT molecular complexity index is 454. The summed E-state index contributed by atoms with van der Waals surface area (Å²) in [4.78, 5) is 11.3. The van der Waals surface area contributed by atoms with Gasteiger partial charge in [0.1, 0.15) is 5.54 Å². The van der Waals surface area contributed by atoms with Crippen LogP contribution in [0.2, 0.25) is 0 Å². The van der Waals surface area contributed by atoms with Crippen LogP contribution < -0.4 is 0 Å². The third-order valence-corrected chi connectivity index (χ3v) is 6.50. The SMILES string of the molecule is CC(C)(C(=O)O)N1CCN(C2CCCCC2)S1(=O)=O. The summed E-state index contributed by atoms with van der Waals surface area (Å²) in [6.07, 6.45) is 5.05. The van der Waals surface area contributed by atoms with Crippen LogP contribution in [-0.4, -0.2) is 52.8 Å². The van der Waals surface area contributed by atoms with E-state index in [0.717, 1.165) is 36.4 Å². The van der Waals surface area contributed by atoms with Crippen LogP contribution in [0.1, 0.15) is 46.0 Å². The fraction of sp³-hybridized carbons (Fsp3) is 0.917. The second-order valence-corrected chi connectivity index (χ2v) is 7.65. The summed E-state index contributed by atoms with van der Waals surface area (Å²) in [5.74, 6) is -1.11. The Morgan fingerprint density at radius 3 is 2.26 bits per heavy atom. The summed E-state index contributed by atoms with van der Waals surface area (Å²) in [5, 5.41) is 9.21. The van der Waals surface area contributed by atoms with Crippen molar-refractivity contribution in [2.24, 2.45) is 0 Å². The summed E-state index contributed by atoms with van der Waals surface area (Å²) in [6.45, 7) is 3.55. The van der Waals surface area contributed by atoms with E-state index in [2.05, 4.69) is 0 Å². The third kappa shape index (κ3) is 2.51. The van der Waals surface area contributed by atoms with Gasteiger partial charge in [0.25, 0.3) is 10.2 Å². The van der Waals surface area contributed by atoms with Crippen LogP contribution in [0.4, 0.5) is 0 Å². The molecule has 0 unspecified atom stereocenters. The minimum atomic E-state index is -3.64. The van der Waals surface area contributed by atoms with Gasteiger partial charge in [0.05, 0.1) is 0 Å². The van der Waals surface area contributed by atoms with E-state index < -0.39 is 21.7 Å². The standard InChI is InChI=1S/C12H22N2O4S/c1-12(2,11(15)16)14-9-8-13(19(14,17)18)10-6-4-3-5-7-10/h10H,3-9H2,1-2H3,(H,15,16). The van der Waals surface area contributed by atoms with Gasteiger partial charge >= 0.3 is 5.97 Å². The van der Waals surface area contributed by atoms with E-state index in [1.54, 1.807) is 0 Å². The lowest BCUT2D eigenvalue weighted by Gasteiger charge is -2.33. The highest BCUT2D eigenvalue weighted by Crippen LogP contribution is 2.32. The smallest absolute Gasteiger partial charge is 0.324 e. The number of carboxylic acids is 1. The zero-order valence-corrected chi connectivity index (χ0v) is 12.3. The average Bonchev–Trinajstić information content (AvgIpc) is 2.66. The molecule has 0 atom stereocenters. The van der Waals surface area contributed by atoms with Gasteiger partial charge in [-0.15, -0.1) is 0 Å². The van der Waals surface area contributed by atoms with Crippen molar-refractivity contribution in [1.29, 1.82) is 0 Å². The topological polar surface area (TPSA) is 77.9 Å². The van der Waals surface area contributed by atoms with Crippen molar-refractivity contribution < 1.29 is 18.3 Å². The first-order valence-corrected chi connectivity index (χ1v) is 8.20. The fourth-order valence-corrected chi connectivity index (χ4v) is 5.08. The summed E-state index contributed by atoms with van der Waals surface area (Å²) in [7, 11) is -3.64. The molecule has 0 aromatic rings. The largest absolute Gasteiger partial charge is 0.480 e. The van der Waals surface area contributed by atoms with E-state index in [1.165, 1.54) is 18.2 Å². The van der Waals surface area contributed by atoms with E-state index in [-0.39, 0.29) is 12.6 Å². The zero-order valence-electron chi connectivity index (χ0n) is 11.5. The van der Waals surface area contributed by atoms with Crippen LogP contribution in [0.15, 0.2) is 0 Å². The molecule has 1 aliphatic heterocycles. The van der Waals surface area contributed by atoms with Gasteiger partial charge in [-0.1, -0.05) is 19.3 Å². The van der Waals surface area contributed by atoms with Crippen LogP contribution in [0.5, 0.6) is 0 Å². The lowest BCUT2D eigenvalue weighted by atomic mass is 9.95. The molecule has 0 amide bonds. The molecular formula is C12H22N2O4S. The van der Waals surface area contributed by atoms with Crippen LogP contribution in [0.25, 0.3) is 0 Å². The molecule has 0 bridgehead atoms. The number of aliphatic carboxylic acids is 1. The minimum Gasteiger partial charge on any atom is -0.480 e. The van der Waals surface area contributed by atoms with Gasteiger partial charge in [0, 0.05) is 19.1 Å². The molecular weight excluding hydrogens is 268 g/mol. The number of hydrogen-bond donors (Lipinski definition) is 1. The van der Waals surface area contributed by atoms with Crippen molar-refractivity contribution in [3.8, 4) is 0 Å². The predicted molar refractivity (Wildman–Crippen MR) is 70.9 cm³/mol. The Kier molecular flexibility index (Phi) is 3.90. The van der Waals surface area contributed by atoms with Gasteiger partial charge in [-0.2, -0.15) is 17.0 Å². The maximum atomic E-state index is 12.5. The first-order valence-electron chi connectivity index (χ1n) is 6.81. The molecule has 1 N–H and O–H groups in total. The van der Waals surface area contributed by atoms with Gasteiger partial charge in [0.15, 0.2) is 0 Å². The molecule has 0 radical (unpaired) electrons. The molecule has 19 heavy (non-hydrogen) atoms. The van der Waals surface area contributed by atoms with Crippen molar-refractivity contribution in [1.82, 2.24) is 8.61 Å². The van der Waals surface area contributed by atoms with Crippen molar-refractivity contribution in [3.05, 3.63) is 0 Å². The first kappa shape index (κ1) is 14.7. The van der Waals surface area contributed by atoms with Crippen LogP contribution in [0.3, 0.4) is 0 Å². The van der Waals surface area contributed by atoms with E-state index in [1.807, 2.05) is 0 Å². The second kappa shape index (κ2) is 5.03. The minimum absolute atomic E-state index is 0.0494. The number of hydrogen-bond acceptors (Lipinski definition) is 3. The number of rotatable bonds is 3. The summed E-state index contributed by atoms with van der Waals surface area (Å²) in [5.41, 5.74) is -1.39. The maximum absolute atomic E-state index is 12.5. The van der Waals surface area contributed by atoms with E-state index in [0.29, 0.717) is 6.54 Å². The van der Waals surface area contributed by atoms with Crippen molar-refractivity contribution in [2.45, 2.75) is 57.5 Å². The Labute approximate surface area is 114 Å². The lowest BCUT2D eigenvalue weighted by Crippen LogP contribution is -2.53. The maximum Gasteiger partial charge on any atom is 0.324 e. The number of carboxylic acid groups (broad SMARTS) is 1. The van der Waals surface area contributed by atoms with Gasteiger partial charge in [-0.3, -0.25) is 4.79 Å². The highest BCUT2D eigenvalue weighted by atomic mass is 32.2. The molecule has 7 heteroatoms. The highest BCUT2D eigenvalue weighted by Gasteiger charge is 2.50. The fourth-order valence-electron chi connectivity index (χ4n) is 2.96. The van der Waals surface area contributed by atoms with Crippen LogP contribution in [-0.2, 0) is 15.0 Å². The molecule has 0 spiro atoms. The van der Waals surface area contributed by atoms with E-state index in [4.69, 9.17) is 0 Å². The highest BCUT2D eigenvalue weighted by molar-refractivity contribution is 7.87. The average molecular weight is 290 g/mol. The lowest BCUT2D eigenvalue weighted by molar-refractivity contribution is -0.146. The van der Waals surface area contributed by atoms with Crippen molar-refractivity contribution in [2.75, 3.05) is 13.1 Å². The molecule has 1 saturated heterocycles. The van der Waals surface area contributed by atoms with E-state index in [9.17, 15) is 18.3 Å². The van der Waals surface area contributed by atoms with Gasteiger partial charge in [0.2, 0.25) is 0 Å². The number of nitrogens with zero attached hydrogens (tertiary/aromatic N) is 2. The molecule has 1 saturated carbocycles. The first-order chi connectivity index (χ1) is 8.78. The molecule has 1 heterocycles. The van der Waals surface area contributed by atoms with Crippen molar-refractivity contribution >= 4 is 16.2 Å². The predicted octanol–water partition coefficient (Wildman–Crippen LogP) is 1.04. The molecule has 0 aromatic heterocycles. The van der Waals surface area contributed by atoms with Gasteiger partial charge in [-0.25, -0.2) is 0 Å². The van der Waals surface area contributed by atoms with Gasteiger partial charge in [-0.05, 0) is 26.7 Å². The van der Waals surface area contributed by atoms with Gasteiger partial charge < -0.3 is 5.11 Å². The molecule has 2 fully saturated rings. The summed E-state index contributed by atoms with van der Waals surface area (Å²) < 4.78 is 27.7. The van der Waals surface area contributed by atoms with Crippen LogP contribution in [0, 0.1) is 0 Å². The summed E-state index contributed by atoms with van der Waals surface area (Å²) in [6, 6.07) is 0.0494. The Morgan fingerprint density at radius 1 is 1.16 bits per heavy atom. The Hall–Kier alpha value is -0.660. The van der Waals surface area contributed by atoms with Crippen molar-refractivity contribution in [3.63, 3.8) is 0 Å². The molecule has 1 aliphatic carbocycles. The van der Waals surface area contributed by atoms with E-state index >= 15 is 0 Å². The Balaban J connectivity index is 2.22. The molecule has 2 rings (SSSR count). The second-order valence-electron chi connectivity index (χ2n) is 5.85. The molecule has 2 aliphatic rings. The quantitative estimate of drug-likeness (QED) is 0.842. The number of carbonyl (C=O) groups is 1. The zero-order chi connectivity index (χ0) is 14.3. The molecule has 6 nitrogen and oxygen atoms in total.